The predicted octanol–water partition coefficient (Wildman–Crippen LogP) is 2.74. The molecular formula is C17H19N3O. The SMILES string of the molecule is CC1Cc2ccccc2N1C(=O)c1ccnc(N(C)C)c1. The third-order valence-electron chi connectivity index (χ3n) is 3.88. The summed E-state index contributed by atoms with van der Waals surface area (Å²) in [4.78, 5) is 20.9. The quantitative estimate of drug-likeness (QED) is 0.849. The molecular weight excluding hydrogens is 262 g/mol. The Morgan fingerprint density at radius 2 is 2.05 bits per heavy atom. The Bertz CT molecular complexity index is 681. The lowest BCUT2D eigenvalue weighted by Gasteiger charge is -2.23. The van der Waals surface area contributed by atoms with Crippen molar-refractivity contribution in [1.82, 2.24) is 4.98 Å². The monoisotopic (exact) mass is 281 g/mol. The Morgan fingerprint density at radius 3 is 2.81 bits per heavy atom. The Balaban J connectivity index is 1.97. The highest BCUT2D eigenvalue weighted by molar-refractivity contribution is 6.08. The van der Waals surface area contributed by atoms with Crippen molar-refractivity contribution in [3.63, 3.8) is 0 Å². The smallest absolute Gasteiger partial charge is 0.258 e. The summed E-state index contributed by atoms with van der Waals surface area (Å²) in [7, 11) is 3.84. The number of pyridine rings is 1. The summed E-state index contributed by atoms with van der Waals surface area (Å²) in [6, 6.07) is 11.9. The van der Waals surface area contributed by atoms with E-state index in [0.717, 1.165) is 17.9 Å². The predicted molar refractivity (Wildman–Crippen MR) is 85.0 cm³/mol. The maximum Gasteiger partial charge on any atom is 0.258 e. The number of fused-ring (bicyclic) bond motifs is 1. The van der Waals surface area contributed by atoms with Crippen LogP contribution in [0.25, 0.3) is 0 Å². The molecule has 0 aliphatic carbocycles. The van der Waals surface area contributed by atoms with Gasteiger partial charge in [-0.25, -0.2) is 4.98 Å². The average molecular weight is 281 g/mol. The lowest BCUT2D eigenvalue weighted by Crippen LogP contribution is -2.35. The zero-order valence-corrected chi connectivity index (χ0v) is 12.6. The largest absolute Gasteiger partial charge is 0.363 e. The number of carbonyl (C=O) groups excluding carboxylic acids is 1. The van der Waals surface area contributed by atoms with Gasteiger partial charge in [-0.2, -0.15) is 0 Å². The van der Waals surface area contributed by atoms with Crippen LogP contribution >= 0.6 is 0 Å². The van der Waals surface area contributed by atoms with Crippen molar-refractivity contribution in [2.24, 2.45) is 0 Å². The van der Waals surface area contributed by atoms with E-state index in [-0.39, 0.29) is 11.9 Å². The van der Waals surface area contributed by atoms with Gasteiger partial charge in [0.1, 0.15) is 5.82 Å². The number of anilines is 2. The number of carbonyl (C=O) groups is 1. The maximum atomic E-state index is 12.9. The first-order valence-corrected chi connectivity index (χ1v) is 7.13. The fraction of sp³-hybridized carbons (Fsp3) is 0.294. The number of benzene rings is 1. The summed E-state index contributed by atoms with van der Waals surface area (Å²) >= 11 is 0. The third kappa shape index (κ3) is 2.37. The molecule has 1 atom stereocenters. The van der Waals surface area contributed by atoms with Crippen molar-refractivity contribution in [3.8, 4) is 0 Å². The van der Waals surface area contributed by atoms with Crippen molar-refractivity contribution >= 4 is 17.4 Å². The van der Waals surface area contributed by atoms with Gasteiger partial charge in [0.25, 0.3) is 5.91 Å². The van der Waals surface area contributed by atoms with Crippen molar-refractivity contribution in [2.75, 3.05) is 23.9 Å². The minimum absolute atomic E-state index is 0.0398. The fourth-order valence-corrected chi connectivity index (χ4v) is 2.81. The maximum absolute atomic E-state index is 12.9. The topological polar surface area (TPSA) is 36.4 Å². The number of para-hydroxylation sites is 1. The van der Waals surface area contributed by atoms with Crippen LogP contribution in [0, 0.1) is 0 Å². The van der Waals surface area contributed by atoms with Crippen LogP contribution in [-0.4, -0.2) is 31.0 Å². The summed E-state index contributed by atoms with van der Waals surface area (Å²) in [6.45, 7) is 2.09. The first kappa shape index (κ1) is 13.6. The van der Waals surface area contributed by atoms with Crippen LogP contribution in [0.15, 0.2) is 42.6 Å². The van der Waals surface area contributed by atoms with Crippen LogP contribution in [0.2, 0.25) is 0 Å². The molecule has 0 saturated carbocycles. The van der Waals surface area contributed by atoms with Gasteiger partial charge in [-0.3, -0.25) is 4.79 Å². The summed E-state index contributed by atoms with van der Waals surface area (Å²) in [5.74, 6) is 0.832. The molecule has 0 saturated heterocycles. The first-order chi connectivity index (χ1) is 10.1. The second-order valence-corrected chi connectivity index (χ2v) is 5.65. The van der Waals surface area contributed by atoms with Gasteiger partial charge in [-0.05, 0) is 37.1 Å². The zero-order chi connectivity index (χ0) is 15.0. The molecule has 4 nitrogen and oxygen atoms in total. The second-order valence-electron chi connectivity index (χ2n) is 5.65. The van der Waals surface area contributed by atoms with Crippen LogP contribution in [0.4, 0.5) is 11.5 Å². The zero-order valence-electron chi connectivity index (χ0n) is 12.6. The molecule has 1 aliphatic rings. The fourth-order valence-electron chi connectivity index (χ4n) is 2.81. The highest BCUT2D eigenvalue weighted by atomic mass is 16.2. The van der Waals surface area contributed by atoms with E-state index in [1.54, 1.807) is 12.3 Å². The highest BCUT2D eigenvalue weighted by Gasteiger charge is 2.31. The van der Waals surface area contributed by atoms with E-state index in [4.69, 9.17) is 0 Å². The lowest BCUT2D eigenvalue weighted by molar-refractivity contribution is 0.0981. The molecule has 0 fully saturated rings. The van der Waals surface area contributed by atoms with E-state index < -0.39 is 0 Å². The minimum atomic E-state index is 0.0398. The first-order valence-electron chi connectivity index (χ1n) is 7.13. The van der Waals surface area contributed by atoms with Crippen LogP contribution < -0.4 is 9.80 Å². The lowest BCUT2D eigenvalue weighted by atomic mass is 10.1. The molecule has 0 N–H and O–H groups in total. The molecule has 0 radical (unpaired) electrons. The van der Waals surface area contributed by atoms with Gasteiger partial charge >= 0.3 is 0 Å². The van der Waals surface area contributed by atoms with Gasteiger partial charge in [0, 0.05) is 37.6 Å². The molecule has 3 rings (SSSR count). The van der Waals surface area contributed by atoms with Crippen molar-refractivity contribution < 1.29 is 4.79 Å². The normalized spacial score (nSPS) is 16.7. The summed E-state index contributed by atoms with van der Waals surface area (Å²) < 4.78 is 0. The van der Waals surface area contributed by atoms with Crippen molar-refractivity contribution in [2.45, 2.75) is 19.4 Å². The Morgan fingerprint density at radius 1 is 1.29 bits per heavy atom. The molecule has 108 valence electrons. The van der Waals surface area contributed by atoms with Crippen molar-refractivity contribution in [1.29, 1.82) is 0 Å². The molecule has 2 heterocycles. The van der Waals surface area contributed by atoms with E-state index >= 15 is 0 Å². The van der Waals surface area contributed by atoms with Gasteiger partial charge < -0.3 is 9.80 Å². The van der Waals surface area contributed by atoms with Gasteiger partial charge in [0.15, 0.2) is 0 Å². The van der Waals surface area contributed by atoms with E-state index in [0.29, 0.717) is 5.56 Å². The van der Waals surface area contributed by atoms with Crippen LogP contribution in [0.3, 0.4) is 0 Å². The number of hydrogen-bond acceptors (Lipinski definition) is 3. The van der Waals surface area contributed by atoms with Crippen LogP contribution in [0.1, 0.15) is 22.8 Å². The molecule has 1 aliphatic heterocycles. The Labute approximate surface area is 125 Å². The minimum Gasteiger partial charge on any atom is -0.363 e. The molecule has 4 heteroatoms. The molecule has 0 bridgehead atoms. The molecule has 1 amide bonds. The number of amides is 1. The van der Waals surface area contributed by atoms with Crippen LogP contribution in [0.5, 0.6) is 0 Å². The van der Waals surface area contributed by atoms with E-state index in [1.165, 1.54) is 5.56 Å². The third-order valence-corrected chi connectivity index (χ3v) is 3.88. The summed E-state index contributed by atoms with van der Waals surface area (Å²) in [5.41, 5.74) is 2.94. The van der Waals surface area contributed by atoms with E-state index in [1.807, 2.05) is 48.2 Å². The molecule has 0 spiro atoms. The number of hydrogen-bond donors (Lipinski definition) is 0. The number of rotatable bonds is 2. The van der Waals surface area contributed by atoms with E-state index in [9.17, 15) is 4.79 Å². The average Bonchev–Trinajstić information content (AvgIpc) is 2.82. The summed E-state index contributed by atoms with van der Waals surface area (Å²) in [6.07, 6.45) is 2.60. The van der Waals surface area contributed by atoms with E-state index in [2.05, 4.69) is 18.0 Å². The number of nitrogens with zero attached hydrogens (tertiary/aromatic N) is 3. The molecule has 21 heavy (non-hydrogen) atoms. The second kappa shape index (κ2) is 5.20. The highest BCUT2D eigenvalue weighted by Crippen LogP contribution is 2.33. The van der Waals surface area contributed by atoms with Gasteiger partial charge in [-0.1, -0.05) is 18.2 Å². The Kier molecular flexibility index (Phi) is 3.37. The molecule has 2 aromatic rings. The number of aromatic nitrogens is 1. The van der Waals surface area contributed by atoms with Crippen LogP contribution in [-0.2, 0) is 6.42 Å². The van der Waals surface area contributed by atoms with Crippen molar-refractivity contribution in [3.05, 3.63) is 53.7 Å². The van der Waals surface area contributed by atoms with Gasteiger partial charge in [0.2, 0.25) is 0 Å². The molecule has 1 aromatic heterocycles. The summed E-state index contributed by atoms with van der Waals surface area (Å²) in [5, 5.41) is 0. The molecule has 1 unspecified atom stereocenters. The molecule has 1 aromatic carbocycles. The standard InChI is InChI=1S/C17H19N3O/c1-12-10-13-6-4-5-7-15(13)20(12)17(21)14-8-9-18-16(11-14)19(2)3/h4-9,11-12H,10H2,1-3H3. The van der Waals surface area contributed by atoms with Gasteiger partial charge in [-0.15, -0.1) is 0 Å². The van der Waals surface area contributed by atoms with Gasteiger partial charge in [0.05, 0.1) is 0 Å². The Hall–Kier alpha value is -2.36.